The second-order valence-electron chi connectivity index (χ2n) is 21.9. The maximum absolute atomic E-state index is 5.64. The van der Waals surface area contributed by atoms with E-state index in [-0.39, 0.29) is 0 Å². The molecular formula is C87H96N12O3. The largest absolute Gasteiger partial charge is 0.334 e. The van der Waals surface area contributed by atoms with Crippen LogP contribution in [0.15, 0.2) is 250 Å². The summed E-state index contributed by atoms with van der Waals surface area (Å²) in [6, 6.07) is 78.0. The van der Waals surface area contributed by atoms with Gasteiger partial charge in [0.05, 0.1) is 0 Å². The van der Waals surface area contributed by atoms with Crippen LogP contribution in [-0.2, 0) is 0 Å². The Morgan fingerprint density at radius 2 is 0.402 bits per heavy atom. The van der Waals surface area contributed by atoms with Gasteiger partial charge in [-0.15, -0.1) is 0 Å². The standard InChI is InChI=1S/C30H18N6O3.C24H24.C21H18N6.6C2H6/c1-4-10-19(11-5-1)25-31-28(37-34-25)22-16-23(29-32-26(35-38-29)20-12-6-2-7-13-20)18-24(17-22)30-33-27(36-39-30)21-14-8-3-9-15-21;1-13-7-19-20(8-14(13)2)22-10-16(4)18(6)12-24(22)23-11-17(5)15(3)9-21(19)23;1-4-10-16(11-5-1)22-19-25-20(23-17-12-6-2-7-13-17)27-21(26-19)24-18-14-8-3-9-15-18;6*1-2/h1-18H;7-12H,1-6H3;1-15H,(H3,22,23,24,25,26,27);6*1-2H3. The highest BCUT2D eigenvalue weighted by Gasteiger charge is 2.21. The van der Waals surface area contributed by atoms with Gasteiger partial charge in [-0.05, 0) is 162 Å². The first kappa shape index (κ1) is 77.4. The SMILES string of the molecule is CC.CC.CC.CC.CC.CC.Cc1cc2c3cc(C)c(C)cc3c3cc(C)c(C)cc3c2cc1C.c1ccc(-c2noc(-c3cc(-c4nc(-c5ccccc5)no4)cc(-c4nc(-c5ccccc5)no4)c3)n2)cc1.c1ccc(Nc2nc(Nc3ccccc3)nc(Nc3ccccc3)n2)cc1. The number of aromatic nitrogens is 9. The molecule has 15 heteroatoms. The molecule has 0 saturated carbocycles. The lowest BCUT2D eigenvalue weighted by Gasteiger charge is -2.16. The van der Waals surface area contributed by atoms with Crippen LogP contribution in [0.2, 0.25) is 0 Å². The highest BCUT2D eigenvalue weighted by Crippen LogP contribution is 2.40. The Labute approximate surface area is 602 Å². The Bertz CT molecular complexity index is 4350. The van der Waals surface area contributed by atoms with E-state index in [1.165, 1.54) is 65.7 Å². The van der Waals surface area contributed by atoms with E-state index >= 15 is 0 Å². The molecule has 0 aliphatic carbocycles. The summed E-state index contributed by atoms with van der Waals surface area (Å²) in [5.74, 6) is 3.75. The van der Waals surface area contributed by atoms with E-state index in [4.69, 9.17) is 13.6 Å². The average molecular weight is 1360 g/mol. The Morgan fingerprint density at radius 3 is 0.598 bits per heavy atom. The fourth-order valence-electron chi connectivity index (χ4n) is 10.4. The number of rotatable bonds is 12. The summed E-state index contributed by atoms with van der Waals surface area (Å²) in [6.45, 7) is 37.3. The molecule has 0 aliphatic rings. The number of para-hydroxylation sites is 3. The Hall–Kier alpha value is -12.0. The van der Waals surface area contributed by atoms with Crippen molar-refractivity contribution in [3.63, 3.8) is 0 Å². The van der Waals surface area contributed by atoms with Gasteiger partial charge in [-0.3, -0.25) is 0 Å². The van der Waals surface area contributed by atoms with Crippen molar-refractivity contribution in [1.29, 1.82) is 0 Å². The van der Waals surface area contributed by atoms with Crippen LogP contribution in [0, 0.1) is 41.5 Å². The van der Waals surface area contributed by atoms with Gasteiger partial charge in [0, 0.05) is 50.4 Å². The first-order valence-electron chi connectivity index (χ1n) is 35.4. The zero-order chi connectivity index (χ0) is 73.5. The van der Waals surface area contributed by atoms with E-state index in [0.717, 1.165) is 33.8 Å². The third kappa shape index (κ3) is 19.9. The quantitative estimate of drug-likeness (QED) is 0.0978. The van der Waals surface area contributed by atoms with Gasteiger partial charge >= 0.3 is 0 Å². The molecule has 0 spiro atoms. The van der Waals surface area contributed by atoms with Crippen molar-refractivity contribution in [1.82, 2.24) is 45.4 Å². The third-order valence-corrected chi connectivity index (χ3v) is 15.5. The number of anilines is 6. The number of nitrogens with one attached hydrogen (secondary N) is 3. The second kappa shape index (κ2) is 39.6. The summed E-state index contributed by atoms with van der Waals surface area (Å²) in [5, 5.41) is 30.4. The monoisotopic (exact) mass is 1360 g/mol. The zero-order valence-corrected chi connectivity index (χ0v) is 62.3. The lowest BCUT2D eigenvalue weighted by Crippen LogP contribution is -2.07. The molecular weight excluding hydrogens is 1260 g/mol. The molecule has 0 fully saturated rings. The first-order chi connectivity index (χ1) is 50.0. The van der Waals surface area contributed by atoms with Crippen molar-refractivity contribution in [2.45, 2.75) is 125 Å². The van der Waals surface area contributed by atoms with Crippen LogP contribution >= 0.6 is 0 Å². The van der Waals surface area contributed by atoms with E-state index in [9.17, 15) is 0 Å². The fourth-order valence-corrected chi connectivity index (χ4v) is 10.4. The fraction of sp³-hybridized carbons (Fsp3) is 0.207. The molecule has 522 valence electrons. The molecule has 11 aromatic carbocycles. The minimum absolute atomic E-state index is 0.322. The van der Waals surface area contributed by atoms with Crippen LogP contribution in [0.25, 0.3) is 101 Å². The molecule has 0 saturated heterocycles. The van der Waals surface area contributed by atoms with Gasteiger partial charge in [-0.1, -0.05) is 281 Å². The Kier molecular flexibility index (Phi) is 30.0. The van der Waals surface area contributed by atoms with Crippen LogP contribution < -0.4 is 16.0 Å². The van der Waals surface area contributed by atoms with Gasteiger partial charge in [0.2, 0.25) is 35.3 Å². The van der Waals surface area contributed by atoms with Crippen LogP contribution in [-0.4, -0.2) is 45.4 Å². The maximum Gasteiger partial charge on any atom is 0.258 e. The molecule has 0 aliphatic heterocycles. The number of fused-ring (bicyclic) bond motifs is 6. The summed E-state index contributed by atoms with van der Waals surface area (Å²) in [5.41, 5.74) is 15.3. The highest BCUT2D eigenvalue weighted by molar-refractivity contribution is 6.26. The summed E-state index contributed by atoms with van der Waals surface area (Å²) in [4.78, 5) is 27.3. The van der Waals surface area contributed by atoms with Crippen molar-refractivity contribution >= 4 is 67.2 Å². The number of hydrogen-bond acceptors (Lipinski definition) is 15. The normalized spacial score (nSPS) is 10.1. The molecule has 15 nitrogen and oxygen atoms in total. The van der Waals surface area contributed by atoms with Gasteiger partial charge in [0.25, 0.3) is 17.7 Å². The Balaban J connectivity index is 0.000000205. The summed E-state index contributed by atoms with van der Waals surface area (Å²) in [7, 11) is 0. The van der Waals surface area contributed by atoms with Gasteiger partial charge in [0.15, 0.2) is 0 Å². The van der Waals surface area contributed by atoms with E-state index in [1.807, 2.05) is 283 Å². The van der Waals surface area contributed by atoms with Crippen molar-refractivity contribution in [2.75, 3.05) is 16.0 Å². The molecule has 0 unspecified atom stereocenters. The smallest absolute Gasteiger partial charge is 0.258 e. The van der Waals surface area contributed by atoms with E-state index in [1.54, 1.807) is 0 Å². The van der Waals surface area contributed by atoms with Gasteiger partial charge in [0.1, 0.15) is 0 Å². The van der Waals surface area contributed by atoms with Gasteiger partial charge < -0.3 is 29.5 Å². The van der Waals surface area contributed by atoms with Crippen LogP contribution in [0.5, 0.6) is 0 Å². The minimum atomic E-state index is 0.322. The zero-order valence-electron chi connectivity index (χ0n) is 62.3. The first-order valence-corrected chi connectivity index (χ1v) is 35.4. The van der Waals surface area contributed by atoms with Crippen LogP contribution in [0.3, 0.4) is 0 Å². The molecule has 3 N–H and O–H groups in total. The average Bonchev–Trinajstić information content (AvgIpc) is 0.892. The maximum atomic E-state index is 5.64. The molecule has 15 rings (SSSR count). The third-order valence-electron chi connectivity index (χ3n) is 15.5. The van der Waals surface area contributed by atoms with Crippen molar-refractivity contribution in [3.8, 4) is 68.5 Å². The number of nitrogens with zero attached hydrogens (tertiary/aromatic N) is 9. The van der Waals surface area contributed by atoms with Crippen molar-refractivity contribution in [3.05, 3.63) is 270 Å². The number of hydrogen-bond donors (Lipinski definition) is 3. The van der Waals surface area contributed by atoms with Crippen LogP contribution in [0.4, 0.5) is 34.9 Å². The lowest BCUT2D eigenvalue weighted by molar-refractivity contribution is 0.429. The van der Waals surface area contributed by atoms with Crippen molar-refractivity contribution in [2.24, 2.45) is 0 Å². The topological polar surface area (TPSA) is 192 Å². The highest BCUT2D eigenvalue weighted by atomic mass is 16.5. The second-order valence-corrected chi connectivity index (χ2v) is 21.9. The Morgan fingerprint density at radius 1 is 0.216 bits per heavy atom. The van der Waals surface area contributed by atoms with Gasteiger partial charge in [-0.25, -0.2) is 0 Å². The molecule has 0 atom stereocenters. The summed E-state index contributed by atoms with van der Waals surface area (Å²) < 4.78 is 16.9. The van der Waals surface area contributed by atoms with E-state index in [2.05, 4.69) is 139 Å². The van der Waals surface area contributed by atoms with Gasteiger partial charge in [-0.2, -0.15) is 29.9 Å². The predicted octanol–water partition coefficient (Wildman–Crippen LogP) is 25.1. The van der Waals surface area contributed by atoms with E-state index in [0.29, 0.717) is 69.7 Å². The molecule has 4 aromatic heterocycles. The molecule has 0 amide bonds. The molecule has 102 heavy (non-hydrogen) atoms. The molecule has 0 bridgehead atoms. The number of aryl methyl sites for hydroxylation is 6. The summed E-state index contributed by atoms with van der Waals surface area (Å²) >= 11 is 0. The summed E-state index contributed by atoms with van der Waals surface area (Å²) in [6.07, 6.45) is 0. The van der Waals surface area contributed by atoms with Crippen LogP contribution in [0.1, 0.15) is 116 Å². The molecule has 0 radical (unpaired) electrons. The molecule has 15 aromatic rings. The predicted molar refractivity (Wildman–Crippen MR) is 427 cm³/mol. The minimum Gasteiger partial charge on any atom is -0.334 e. The van der Waals surface area contributed by atoms with Crippen molar-refractivity contribution < 1.29 is 13.6 Å². The van der Waals surface area contributed by atoms with E-state index < -0.39 is 0 Å². The molecule has 4 heterocycles. The number of benzene rings is 11. The lowest BCUT2D eigenvalue weighted by atomic mass is 9.88.